The second kappa shape index (κ2) is 4.65. The molecule has 1 atom stereocenters. The van der Waals surface area contributed by atoms with Gasteiger partial charge in [0.2, 0.25) is 0 Å². The molecule has 0 aliphatic rings. The van der Waals surface area contributed by atoms with Crippen LogP contribution >= 0.6 is 12.6 Å². The summed E-state index contributed by atoms with van der Waals surface area (Å²) in [5.41, 5.74) is 0.770. The molecule has 72 valence electrons. The minimum Gasteiger partial charge on any atom is -0.396 e. The van der Waals surface area contributed by atoms with Gasteiger partial charge in [0.25, 0.3) is 0 Å². The van der Waals surface area contributed by atoms with Crippen molar-refractivity contribution in [2.45, 2.75) is 17.8 Å². The van der Waals surface area contributed by atoms with Crippen molar-refractivity contribution in [2.24, 2.45) is 0 Å². The van der Waals surface area contributed by atoms with Gasteiger partial charge in [0, 0.05) is 6.61 Å². The summed E-state index contributed by atoms with van der Waals surface area (Å²) in [6.45, 7) is 0.0791. The smallest absolute Gasteiger partial charge is 0.133 e. The molecule has 2 N–H and O–H groups in total. The number of hydrogen-bond donors (Lipinski definition) is 3. The summed E-state index contributed by atoms with van der Waals surface area (Å²) in [5.74, 6) is 0. The first-order valence-electron chi connectivity index (χ1n) is 4.28. The van der Waals surface area contributed by atoms with Gasteiger partial charge in [-0.1, -0.05) is 30.3 Å². The van der Waals surface area contributed by atoms with Gasteiger partial charge in [-0.3, -0.25) is 0 Å². The molecular weight excluding hydrogens is 184 g/mol. The molecule has 0 heterocycles. The van der Waals surface area contributed by atoms with E-state index in [0.717, 1.165) is 5.56 Å². The van der Waals surface area contributed by atoms with Crippen LogP contribution in [0.1, 0.15) is 18.4 Å². The molecule has 0 bridgehead atoms. The summed E-state index contributed by atoms with van der Waals surface area (Å²) in [7, 11) is 0. The Labute approximate surface area is 83.6 Å². The Hall–Kier alpha value is -0.510. The number of thiol groups is 1. The Balaban J connectivity index is 2.69. The van der Waals surface area contributed by atoms with E-state index in [1.54, 1.807) is 0 Å². The Morgan fingerprint density at radius 3 is 2.38 bits per heavy atom. The Morgan fingerprint density at radius 2 is 1.85 bits per heavy atom. The molecule has 0 fully saturated rings. The number of hydrogen-bond acceptors (Lipinski definition) is 3. The maximum absolute atomic E-state index is 9.87. The predicted octanol–water partition coefficient (Wildman–Crippen LogP) is 1.53. The number of aliphatic hydroxyl groups excluding tert-OH is 1. The molecule has 0 saturated heterocycles. The van der Waals surface area contributed by atoms with Crippen LogP contribution in [0, 0.1) is 0 Å². The zero-order valence-corrected chi connectivity index (χ0v) is 8.24. The van der Waals surface area contributed by atoms with Crippen molar-refractivity contribution in [3.05, 3.63) is 35.9 Å². The van der Waals surface area contributed by atoms with Crippen LogP contribution in [-0.2, 0) is 4.93 Å². The molecule has 1 aromatic carbocycles. The molecule has 0 aliphatic heterocycles. The third-order valence-corrected chi connectivity index (χ3v) is 2.40. The van der Waals surface area contributed by atoms with E-state index >= 15 is 0 Å². The van der Waals surface area contributed by atoms with Crippen molar-refractivity contribution in [2.75, 3.05) is 6.61 Å². The average molecular weight is 198 g/mol. The third kappa shape index (κ3) is 3.03. The highest BCUT2D eigenvalue weighted by Crippen LogP contribution is 2.29. The molecule has 13 heavy (non-hydrogen) atoms. The van der Waals surface area contributed by atoms with Gasteiger partial charge in [-0.15, -0.1) is 12.6 Å². The minimum atomic E-state index is -1.12. The Bertz CT molecular complexity index is 246. The highest BCUT2D eigenvalue weighted by atomic mass is 32.1. The first-order valence-corrected chi connectivity index (χ1v) is 4.72. The van der Waals surface area contributed by atoms with Gasteiger partial charge in [0.1, 0.15) is 4.93 Å². The summed E-state index contributed by atoms with van der Waals surface area (Å²) in [4.78, 5) is -1.12. The summed E-state index contributed by atoms with van der Waals surface area (Å²) in [5, 5.41) is 18.5. The van der Waals surface area contributed by atoms with Crippen LogP contribution in [0.3, 0.4) is 0 Å². The van der Waals surface area contributed by atoms with E-state index < -0.39 is 4.93 Å². The molecule has 2 nitrogen and oxygen atoms in total. The molecular formula is C10H14O2S. The lowest BCUT2D eigenvalue weighted by atomic mass is 10.0. The van der Waals surface area contributed by atoms with Gasteiger partial charge in [0.05, 0.1) is 0 Å². The highest BCUT2D eigenvalue weighted by molar-refractivity contribution is 7.81. The van der Waals surface area contributed by atoms with Gasteiger partial charge >= 0.3 is 0 Å². The standard InChI is InChI=1S/C10H14O2S/c11-8-4-7-10(12,13)9-5-2-1-3-6-9/h1-3,5-6,11-13H,4,7-8H2. The van der Waals surface area contributed by atoms with Crippen molar-refractivity contribution in [1.29, 1.82) is 0 Å². The monoisotopic (exact) mass is 198 g/mol. The van der Waals surface area contributed by atoms with Gasteiger partial charge < -0.3 is 10.2 Å². The summed E-state index contributed by atoms with van der Waals surface area (Å²) in [6.07, 6.45) is 1.01. The van der Waals surface area contributed by atoms with Crippen molar-refractivity contribution in [3.8, 4) is 0 Å². The molecule has 0 aromatic heterocycles. The maximum atomic E-state index is 9.87. The van der Waals surface area contributed by atoms with Gasteiger partial charge in [-0.25, -0.2) is 0 Å². The van der Waals surface area contributed by atoms with E-state index in [9.17, 15) is 5.11 Å². The van der Waals surface area contributed by atoms with Crippen LogP contribution in [0.25, 0.3) is 0 Å². The van der Waals surface area contributed by atoms with Gasteiger partial charge in [-0.05, 0) is 18.4 Å². The number of benzene rings is 1. The number of aliphatic hydroxyl groups is 2. The molecule has 0 saturated carbocycles. The van der Waals surface area contributed by atoms with E-state index in [1.807, 2.05) is 30.3 Å². The minimum absolute atomic E-state index is 0.0791. The maximum Gasteiger partial charge on any atom is 0.133 e. The zero-order valence-electron chi connectivity index (χ0n) is 7.35. The summed E-state index contributed by atoms with van der Waals surface area (Å²) < 4.78 is 0. The van der Waals surface area contributed by atoms with Gasteiger partial charge in [0.15, 0.2) is 0 Å². The molecule has 0 spiro atoms. The quantitative estimate of drug-likeness (QED) is 0.507. The lowest BCUT2D eigenvalue weighted by molar-refractivity contribution is 0.117. The topological polar surface area (TPSA) is 40.5 Å². The van der Waals surface area contributed by atoms with Crippen molar-refractivity contribution >= 4 is 12.6 Å². The summed E-state index contributed by atoms with van der Waals surface area (Å²) in [6, 6.07) is 9.25. The molecule has 0 amide bonds. The SMILES string of the molecule is OCCCC(O)(S)c1ccccc1. The lowest BCUT2D eigenvalue weighted by Crippen LogP contribution is -2.18. The second-order valence-corrected chi connectivity index (χ2v) is 3.75. The molecule has 1 unspecified atom stereocenters. The number of rotatable bonds is 4. The Morgan fingerprint density at radius 1 is 1.23 bits per heavy atom. The van der Waals surface area contributed by atoms with Crippen molar-refractivity contribution in [3.63, 3.8) is 0 Å². The second-order valence-electron chi connectivity index (χ2n) is 3.01. The first kappa shape index (κ1) is 10.6. The zero-order chi connectivity index (χ0) is 9.73. The normalized spacial score (nSPS) is 15.3. The van der Waals surface area contributed by atoms with Crippen molar-refractivity contribution in [1.82, 2.24) is 0 Å². The third-order valence-electron chi connectivity index (χ3n) is 1.92. The van der Waals surface area contributed by atoms with Crippen molar-refractivity contribution < 1.29 is 10.2 Å². The summed E-state index contributed by atoms with van der Waals surface area (Å²) >= 11 is 4.15. The van der Waals surface area contributed by atoms with Crippen LogP contribution in [-0.4, -0.2) is 16.8 Å². The average Bonchev–Trinajstić information content (AvgIpc) is 2.16. The van der Waals surface area contributed by atoms with Crippen LogP contribution in [0.4, 0.5) is 0 Å². The van der Waals surface area contributed by atoms with E-state index in [-0.39, 0.29) is 6.61 Å². The Kier molecular flexibility index (Phi) is 3.78. The molecule has 1 rings (SSSR count). The van der Waals surface area contributed by atoms with Crippen LogP contribution < -0.4 is 0 Å². The van der Waals surface area contributed by atoms with E-state index in [2.05, 4.69) is 12.6 Å². The fraction of sp³-hybridized carbons (Fsp3) is 0.400. The van der Waals surface area contributed by atoms with Gasteiger partial charge in [-0.2, -0.15) is 0 Å². The van der Waals surface area contributed by atoms with E-state index in [0.29, 0.717) is 12.8 Å². The van der Waals surface area contributed by atoms with E-state index in [1.165, 1.54) is 0 Å². The molecule has 1 aromatic rings. The largest absolute Gasteiger partial charge is 0.396 e. The fourth-order valence-corrected chi connectivity index (χ4v) is 1.48. The molecule has 0 radical (unpaired) electrons. The van der Waals surface area contributed by atoms with E-state index in [4.69, 9.17) is 5.11 Å². The molecule has 0 aliphatic carbocycles. The predicted molar refractivity (Wildman–Crippen MR) is 55.6 cm³/mol. The highest BCUT2D eigenvalue weighted by Gasteiger charge is 2.22. The molecule has 3 heteroatoms. The van der Waals surface area contributed by atoms with Crippen LogP contribution in [0.2, 0.25) is 0 Å². The first-order chi connectivity index (χ1) is 6.17. The lowest BCUT2D eigenvalue weighted by Gasteiger charge is -2.22. The van der Waals surface area contributed by atoms with Crippen LogP contribution in [0.5, 0.6) is 0 Å². The fourth-order valence-electron chi connectivity index (χ4n) is 1.17. The van der Waals surface area contributed by atoms with Crippen LogP contribution in [0.15, 0.2) is 30.3 Å².